The van der Waals surface area contributed by atoms with Crippen molar-refractivity contribution in [1.29, 1.82) is 0 Å². The van der Waals surface area contributed by atoms with Crippen molar-refractivity contribution >= 4 is 44.8 Å². The van der Waals surface area contributed by atoms with Crippen LogP contribution in [0.15, 0.2) is 41.3 Å². The first-order valence-electron chi connectivity index (χ1n) is 11.5. The summed E-state index contributed by atoms with van der Waals surface area (Å²) < 4.78 is 34.3. The molecule has 2 aromatic carbocycles. The van der Waals surface area contributed by atoms with Crippen LogP contribution in [0.1, 0.15) is 17.5 Å². The van der Waals surface area contributed by atoms with Crippen LogP contribution >= 0.6 is 11.6 Å². The van der Waals surface area contributed by atoms with E-state index in [-0.39, 0.29) is 11.3 Å². The molecular formula is C24H29ClN4O5S. The predicted molar refractivity (Wildman–Crippen MR) is 134 cm³/mol. The molecule has 2 heterocycles. The lowest BCUT2D eigenvalue weighted by molar-refractivity contribution is -0.125. The van der Waals surface area contributed by atoms with Crippen molar-refractivity contribution in [2.45, 2.75) is 31.2 Å². The summed E-state index contributed by atoms with van der Waals surface area (Å²) in [6.07, 6.45) is -0.311. The van der Waals surface area contributed by atoms with Crippen LogP contribution in [0.25, 0.3) is 0 Å². The number of fused-ring (bicyclic) bond motifs is 1. The summed E-state index contributed by atoms with van der Waals surface area (Å²) in [5.41, 5.74) is 1.74. The summed E-state index contributed by atoms with van der Waals surface area (Å²) in [5.74, 6) is -0.957. The topological polar surface area (TPSA) is 108 Å². The standard InChI is InChI=1S/C24H29ClN4O5S/c1-16-14-22(17(2)13-18(16)25)35(32,33)29-20-6-4-3-5-19(20)27-24(31)21(29)15-23(30)26-7-8-28-9-11-34-12-10-28/h3-6,13-14,21H,7-12,15H2,1-2H3,(H,26,30)(H,27,31)/t21-/m1/s1. The number of carbonyl (C=O) groups excluding carboxylic acids is 2. The SMILES string of the molecule is Cc1cc(S(=O)(=O)N2c3ccccc3NC(=O)[C@H]2CC(=O)NCCN2CCOCC2)c(C)cc1Cl. The number of amides is 2. The highest BCUT2D eigenvalue weighted by Crippen LogP contribution is 2.38. The van der Waals surface area contributed by atoms with Gasteiger partial charge >= 0.3 is 0 Å². The third-order valence-corrected chi connectivity index (χ3v) is 8.58. The molecule has 0 radical (unpaired) electrons. The molecule has 35 heavy (non-hydrogen) atoms. The molecule has 2 amide bonds. The average Bonchev–Trinajstić information content (AvgIpc) is 2.82. The minimum Gasteiger partial charge on any atom is -0.379 e. The number of carbonyl (C=O) groups is 2. The molecule has 0 spiro atoms. The molecule has 0 bridgehead atoms. The van der Waals surface area contributed by atoms with Gasteiger partial charge in [-0.15, -0.1) is 0 Å². The van der Waals surface area contributed by atoms with Gasteiger partial charge in [0, 0.05) is 31.2 Å². The van der Waals surface area contributed by atoms with Gasteiger partial charge in [-0.25, -0.2) is 8.42 Å². The maximum absolute atomic E-state index is 13.9. The van der Waals surface area contributed by atoms with Gasteiger partial charge in [0.1, 0.15) is 6.04 Å². The molecule has 1 saturated heterocycles. The average molecular weight is 521 g/mol. The van der Waals surface area contributed by atoms with Crippen molar-refractivity contribution in [3.8, 4) is 0 Å². The minimum atomic E-state index is -4.20. The highest BCUT2D eigenvalue weighted by atomic mass is 35.5. The van der Waals surface area contributed by atoms with Crippen molar-refractivity contribution in [2.24, 2.45) is 0 Å². The monoisotopic (exact) mass is 520 g/mol. The summed E-state index contributed by atoms with van der Waals surface area (Å²) in [6, 6.07) is 8.50. The smallest absolute Gasteiger partial charge is 0.265 e. The molecular weight excluding hydrogens is 492 g/mol. The quantitative estimate of drug-likeness (QED) is 0.580. The lowest BCUT2D eigenvalue weighted by Crippen LogP contribution is -2.53. The number of rotatable bonds is 7. The fraction of sp³-hybridized carbons (Fsp3) is 0.417. The van der Waals surface area contributed by atoms with Gasteiger partial charge in [-0.1, -0.05) is 23.7 Å². The molecule has 188 valence electrons. The van der Waals surface area contributed by atoms with Crippen LogP contribution in [-0.4, -0.2) is 70.6 Å². The van der Waals surface area contributed by atoms with Crippen LogP contribution in [-0.2, 0) is 24.3 Å². The molecule has 0 saturated carbocycles. The fourth-order valence-corrected chi connectivity index (χ4v) is 6.44. The number of sulfonamides is 1. The molecule has 1 fully saturated rings. The summed E-state index contributed by atoms with van der Waals surface area (Å²) in [5, 5.41) is 6.02. The Bertz CT molecular complexity index is 1230. The summed E-state index contributed by atoms with van der Waals surface area (Å²) >= 11 is 6.19. The maximum Gasteiger partial charge on any atom is 0.265 e. The predicted octanol–water partition coefficient (Wildman–Crippen LogP) is 2.31. The van der Waals surface area contributed by atoms with E-state index in [0.717, 1.165) is 17.4 Å². The first-order valence-corrected chi connectivity index (χ1v) is 13.3. The van der Waals surface area contributed by atoms with E-state index in [1.165, 1.54) is 6.07 Å². The van der Waals surface area contributed by atoms with Gasteiger partial charge in [0.15, 0.2) is 0 Å². The van der Waals surface area contributed by atoms with Gasteiger partial charge in [-0.3, -0.25) is 18.8 Å². The van der Waals surface area contributed by atoms with Crippen LogP contribution < -0.4 is 14.9 Å². The Hall–Kier alpha value is -2.66. The second-order valence-electron chi connectivity index (χ2n) is 8.70. The molecule has 2 aromatic rings. The van der Waals surface area contributed by atoms with Gasteiger partial charge in [-0.05, 0) is 49.2 Å². The zero-order valence-corrected chi connectivity index (χ0v) is 21.3. The summed E-state index contributed by atoms with van der Waals surface area (Å²) in [7, 11) is -4.20. The molecule has 2 N–H and O–H groups in total. The van der Waals surface area contributed by atoms with E-state index < -0.39 is 27.9 Å². The van der Waals surface area contributed by atoms with E-state index >= 15 is 0 Å². The van der Waals surface area contributed by atoms with Crippen molar-refractivity contribution in [3.63, 3.8) is 0 Å². The number of morpholine rings is 1. The van der Waals surface area contributed by atoms with E-state index in [1.807, 2.05) is 0 Å². The van der Waals surface area contributed by atoms with Gasteiger partial charge in [0.25, 0.3) is 10.0 Å². The van der Waals surface area contributed by atoms with E-state index in [9.17, 15) is 18.0 Å². The number of hydrogen-bond donors (Lipinski definition) is 2. The van der Waals surface area contributed by atoms with Gasteiger partial charge < -0.3 is 15.4 Å². The van der Waals surface area contributed by atoms with Crippen molar-refractivity contribution in [2.75, 3.05) is 49.0 Å². The molecule has 1 atom stereocenters. The number of hydrogen-bond acceptors (Lipinski definition) is 6. The molecule has 2 aliphatic heterocycles. The fourth-order valence-electron chi connectivity index (χ4n) is 4.30. The number of anilines is 2. The van der Waals surface area contributed by atoms with Gasteiger partial charge in [-0.2, -0.15) is 0 Å². The lowest BCUT2D eigenvalue weighted by atomic mass is 10.1. The molecule has 0 aromatic heterocycles. The molecule has 4 rings (SSSR count). The number of aryl methyl sites for hydroxylation is 2. The Balaban J connectivity index is 1.61. The number of benzene rings is 2. The van der Waals surface area contributed by atoms with Gasteiger partial charge in [0.2, 0.25) is 11.8 Å². The highest BCUT2D eigenvalue weighted by molar-refractivity contribution is 7.93. The van der Waals surface area contributed by atoms with Crippen molar-refractivity contribution in [1.82, 2.24) is 10.2 Å². The Morgan fingerprint density at radius 2 is 1.89 bits per heavy atom. The number of ether oxygens (including phenoxy) is 1. The molecule has 11 heteroatoms. The van der Waals surface area contributed by atoms with E-state index in [1.54, 1.807) is 44.2 Å². The normalized spacial score (nSPS) is 18.7. The van der Waals surface area contributed by atoms with Crippen LogP contribution in [0, 0.1) is 13.8 Å². The van der Waals surface area contributed by atoms with Crippen molar-refractivity contribution < 1.29 is 22.7 Å². The number of para-hydroxylation sites is 2. The third-order valence-electron chi connectivity index (χ3n) is 6.21. The molecule has 2 aliphatic rings. The van der Waals surface area contributed by atoms with Crippen LogP contribution in [0.2, 0.25) is 5.02 Å². The first kappa shape index (κ1) is 25.4. The van der Waals surface area contributed by atoms with Crippen LogP contribution in [0.4, 0.5) is 11.4 Å². The largest absolute Gasteiger partial charge is 0.379 e. The van der Waals surface area contributed by atoms with E-state index in [4.69, 9.17) is 16.3 Å². The number of halogens is 1. The Morgan fingerprint density at radius 3 is 2.63 bits per heavy atom. The zero-order chi connectivity index (χ0) is 25.2. The molecule has 0 aliphatic carbocycles. The maximum atomic E-state index is 13.9. The summed E-state index contributed by atoms with van der Waals surface area (Å²) in [4.78, 5) is 28.1. The van der Waals surface area contributed by atoms with Gasteiger partial charge in [0.05, 0.1) is 35.9 Å². The summed E-state index contributed by atoms with van der Waals surface area (Å²) in [6.45, 7) is 7.33. The number of nitrogens with one attached hydrogen (secondary N) is 2. The highest BCUT2D eigenvalue weighted by Gasteiger charge is 2.42. The van der Waals surface area contributed by atoms with E-state index in [0.29, 0.717) is 53.8 Å². The number of nitrogens with zero attached hydrogens (tertiary/aromatic N) is 2. The lowest BCUT2D eigenvalue weighted by Gasteiger charge is -2.37. The minimum absolute atomic E-state index is 0.0432. The molecule has 9 nitrogen and oxygen atoms in total. The Kier molecular flexibility index (Phi) is 7.65. The first-order chi connectivity index (χ1) is 16.7. The Morgan fingerprint density at radius 1 is 1.17 bits per heavy atom. The zero-order valence-electron chi connectivity index (χ0n) is 19.7. The van der Waals surface area contributed by atoms with Crippen LogP contribution in [0.5, 0.6) is 0 Å². The second-order valence-corrected chi connectivity index (χ2v) is 10.9. The van der Waals surface area contributed by atoms with Crippen LogP contribution in [0.3, 0.4) is 0 Å². The van der Waals surface area contributed by atoms with Crippen molar-refractivity contribution in [3.05, 3.63) is 52.5 Å². The van der Waals surface area contributed by atoms with E-state index in [2.05, 4.69) is 15.5 Å². The Labute approximate surface area is 210 Å². The molecule has 0 unspecified atom stereocenters. The second kappa shape index (κ2) is 10.5. The third kappa shape index (κ3) is 5.45.